The number of nitrogens with two attached hydrogens (primary N) is 1. The van der Waals surface area contributed by atoms with Gasteiger partial charge in [0.15, 0.2) is 5.69 Å². The van der Waals surface area contributed by atoms with Gasteiger partial charge in [-0.1, -0.05) is 42.5 Å². The zero-order valence-electron chi connectivity index (χ0n) is 12.7. The number of benzene rings is 2. The molecule has 7 heteroatoms. The van der Waals surface area contributed by atoms with E-state index in [1.165, 1.54) is 10.8 Å². The molecule has 0 bridgehead atoms. The molecule has 2 N–H and O–H groups in total. The summed E-state index contributed by atoms with van der Waals surface area (Å²) in [6.45, 7) is 0.365. The number of anilines is 1. The third-order valence-electron chi connectivity index (χ3n) is 3.78. The van der Waals surface area contributed by atoms with Crippen molar-refractivity contribution in [2.75, 3.05) is 5.73 Å². The van der Waals surface area contributed by atoms with Crippen LogP contribution in [-0.4, -0.2) is 24.4 Å². The van der Waals surface area contributed by atoms with Crippen LogP contribution >= 0.6 is 0 Å². The zero-order chi connectivity index (χ0) is 16.5. The number of aromatic nitrogens is 5. The monoisotopic (exact) mass is 318 g/mol. The first-order valence-electron chi connectivity index (χ1n) is 7.43. The molecule has 0 saturated carbocycles. The van der Waals surface area contributed by atoms with Crippen molar-refractivity contribution in [1.82, 2.24) is 24.4 Å². The fourth-order valence-corrected chi connectivity index (χ4v) is 2.57. The van der Waals surface area contributed by atoms with Crippen LogP contribution in [0.1, 0.15) is 5.56 Å². The Morgan fingerprint density at radius 3 is 2.50 bits per heavy atom. The van der Waals surface area contributed by atoms with Crippen molar-refractivity contribution < 1.29 is 0 Å². The van der Waals surface area contributed by atoms with Gasteiger partial charge in [0.1, 0.15) is 6.33 Å². The van der Waals surface area contributed by atoms with Gasteiger partial charge in [0, 0.05) is 11.3 Å². The first-order chi connectivity index (χ1) is 11.7. The number of hydrogen-bond donors (Lipinski definition) is 1. The third kappa shape index (κ3) is 2.41. The summed E-state index contributed by atoms with van der Waals surface area (Å²) >= 11 is 0. The Morgan fingerprint density at radius 2 is 1.75 bits per heavy atom. The van der Waals surface area contributed by atoms with E-state index in [1.54, 1.807) is 16.7 Å². The van der Waals surface area contributed by atoms with Gasteiger partial charge in [0.25, 0.3) is 11.3 Å². The average Bonchev–Trinajstić information content (AvgIpc) is 3.08. The quantitative estimate of drug-likeness (QED) is 0.579. The van der Waals surface area contributed by atoms with Crippen LogP contribution in [0.3, 0.4) is 0 Å². The molecule has 7 nitrogen and oxygen atoms in total. The molecule has 0 spiro atoms. The highest BCUT2D eigenvalue weighted by Gasteiger charge is 2.14. The van der Waals surface area contributed by atoms with E-state index in [4.69, 9.17) is 5.73 Å². The van der Waals surface area contributed by atoms with Crippen molar-refractivity contribution in [3.8, 4) is 11.3 Å². The SMILES string of the molecule is Nc1ccc(Cn2c(=O)c(-c3ccccc3)nn3cnnc23)cc1. The van der Waals surface area contributed by atoms with Gasteiger partial charge in [-0.3, -0.25) is 9.36 Å². The lowest BCUT2D eigenvalue weighted by atomic mass is 10.1. The zero-order valence-corrected chi connectivity index (χ0v) is 12.7. The molecule has 0 radical (unpaired) electrons. The van der Waals surface area contributed by atoms with Crippen LogP contribution in [0.15, 0.2) is 65.7 Å². The second kappa shape index (κ2) is 5.62. The lowest BCUT2D eigenvalue weighted by Crippen LogP contribution is -2.26. The number of nitrogen functional groups attached to an aromatic ring is 1. The topological polar surface area (TPSA) is 91.1 Å². The first kappa shape index (κ1) is 14.1. The second-order valence-corrected chi connectivity index (χ2v) is 5.42. The van der Waals surface area contributed by atoms with Crippen LogP contribution in [0.4, 0.5) is 5.69 Å². The Bertz CT molecular complexity index is 1050. The molecule has 0 unspecified atom stereocenters. The molecule has 0 aliphatic heterocycles. The van der Waals surface area contributed by atoms with Crippen molar-refractivity contribution in [2.24, 2.45) is 0 Å². The van der Waals surface area contributed by atoms with E-state index in [9.17, 15) is 4.79 Å². The fourth-order valence-electron chi connectivity index (χ4n) is 2.57. The van der Waals surface area contributed by atoms with Crippen LogP contribution in [0.25, 0.3) is 17.0 Å². The minimum Gasteiger partial charge on any atom is -0.399 e. The summed E-state index contributed by atoms with van der Waals surface area (Å²) < 4.78 is 3.08. The molecule has 0 atom stereocenters. The van der Waals surface area contributed by atoms with Crippen molar-refractivity contribution in [2.45, 2.75) is 6.54 Å². The molecule has 4 rings (SSSR count). The molecule has 118 valence electrons. The lowest BCUT2D eigenvalue weighted by Gasteiger charge is -2.09. The molecule has 0 aliphatic rings. The molecular weight excluding hydrogens is 304 g/mol. The Labute approximate surface area is 137 Å². The largest absolute Gasteiger partial charge is 0.399 e. The third-order valence-corrected chi connectivity index (χ3v) is 3.78. The summed E-state index contributed by atoms with van der Waals surface area (Å²) in [6, 6.07) is 16.7. The highest BCUT2D eigenvalue weighted by atomic mass is 16.1. The summed E-state index contributed by atoms with van der Waals surface area (Å²) in [4.78, 5) is 12.9. The van der Waals surface area contributed by atoms with Crippen LogP contribution < -0.4 is 11.3 Å². The fraction of sp³-hybridized carbons (Fsp3) is 0.0588. The van der Waals surface area contributed by atoms with Gasteiger partial charge in [0.2, 0.25) is 0 Å². The van der Waals surface area contributed by atoms with Crippen molar-refractivity contribution >= 4 is 11.5 Å². The van der Waals surface area contributed by atoms with Crippen molar-refractivity contribution in [3.63, 3.8) is 0 Å². The lowest BCUT2D eigenvalue weighted by molar-refractivity contribution is 0.722. The molecule has 2 heterocycles. The standard InChI is InChI=1S/C17H14N6O/c18-14-8-6-12(7-9-14)10-22-16(24)15(13-4-2-1-3-5-13)21-23-11-19-20-17(22)23/h1-9,11H,10,18H2. The van der Waals surface area contributed by atoms with Gasteiger partial charge in [-0.25, -0.2) is 0 Å². The van der Waals surface area contributed by atoms with Gasteiger partial charge >= 0.3 is 0 Å². The van der Waals surface area contributed by atoms with Gasteiger partial charge in [-0.05, 0) is 17.7 Å². The average molecular weight is 318 g/mol. The van der Waals surface area contributed by atoms with E-state index in [2.05, 4.69) is 15.3 Å². The number of fused-ring (bicyclic) bond motifs is 1. The Kier molecular flexibility index (Phi) is 3.31. The van der Waals surface area contributed by atoms with E-state index >= 15 is 0 Å². The normalized spacial score (nSPS) is 11.0. The van der Waals surface area contributed by atoms with E-state index in [0.29, 0.717) is 23.7 Å². The van der Waals surface area contributed by atoms with Crippen molar-refractivity contribution in [3.05, 3.63) is 76.8 Å². The summed E-state index contributed by atoms with van der Waals surface area (Å²) in [7, 11) is 0. The van der Waals surface area contributed by atoms with Crippen LogP contribution in [0, 0.1) is 0 Å². The second-order valence-electron chi connectivity index (χ2n) is 5.42. The smallest absolute Gasteiger partial charge is 0.282 e. The van der Waals surface area contributed by atoms with E-state index < -0.39 is 0 Å². The summed E-state index contributed by atoms with van der Waals surface area (Å²) in [6.07, 6.45) is 1.49. The highest BCUT2D eigenvalue weighted by molar-refractivity contribution is 5.58. The molecule has 4 aromatic rings. The summed E-state index contributed by atoms with van der Waals surface area (Å²) in [5, 5.41) is 12.2. The van der Waals surface area contributed by atoms with Gasteiger partial charge in [-0.15, -0.1) is 10.2 Å². The van der Waals surface area contributed by atoms with Crippen LogP contribution in [0.2, 0.25) is 0 Å². The van der Waals surface area contributed by atoms with Gasteiger partial charge < -0.3 is 5.73 Å². The van der Waals surface area contributed by atoms with Crippen LogP contribution in [0.5, 0.6) is 0 Å². The molecule has 0 aliphatic carbocycles. The van der Waals surface area contributed by atoms with E-state index in [0.717, 1.165) is 11.1 Å². The number of rotatable bonds is 3. The van der Waals surface area contributed by atoms with Gasteiger partial charge in [-0.2, -0.15) is 9.61 Å². The number of hydrogen-bond acceptors (Lipinski definition) is 5. The Balaban J connectivity index is 1.90. The molecule has 0 fully saturated rings. The predicted octanol–water partition coefficient (Wildman–Crippen LogP) is 1.58. The van der Waals surface area contributed by atoms with E-state index in [-0.39, 0.29) is 5.56 Å². The Morgan fingerprint density at radius 1 is 1.00 bits per heavy atom. The Hall–Kier alpha value is -3.48. The maximum absolute atomic E-state index is 12.9. The van der Waals surface area contributed by atoms with E-state index in [1.807, 2.05) is 42.5 Å². The molecule has 0 saturated heterocycles. The summed E-state index contributed by atoms with van der Waals surface area (Å²) in [5.41, 5.74) is 8.25. The molecule has 2 aromatic heterocycles. The predicted molar refractivity (Wildman–Crippen MR) is 90.4 cm³/mol. The van der Waals surface area contributed by atoms with Gasteiger partial charge in [0.05, 0.1) is 6.54 Å². The maximum Gasteiger partial charge on any atom is 0.282 e. The minimum atomic E-state index is -0.210. The molecule has 24 heavy (non-hydrogen) atoms. The van der Waals surface area contributed by atoms with Crippen molar-refractivity contribution in [1.29, 1.82) is 0 Å². The molecule has 0 amide bonds. The number of nitrogens with zero attached hydrogens (tertiary/aromatic N) is 5. The molecule has 2 aromatic carbocycles. The maximum atomic E-state index is 12.9. The summed E-state index contributed by atoms with van der Waals surface area (Å²) in [5.74, 6) is 0.400. The first-order valence-corrected chi connectivity index (χ1v) is 7.43. The minimum absolute atomic E-state index is 0.210. The highest BCUT2D eigenvalue weighted by Crippen LogP contribution is 2.13. The molecular formula is C17H14N6O. The van der Waals surface area contributed by atoms with Crippen LogP contribution in [-0.2, 0) is 6.54 Å².